The molecule has 3 N–H and O–H groups in total. The summed E-state index contributed by atoms with van der Waals surface area (Å²) < 4.78 is 5.94. The third kappa shape index (κ3) is 46.4. The van der Waals surface area contributed by atoms with Crippen molar-refractivity contribution in [2.75, 3.05) is 6.61 Å². The highest BCUT2D eigenvalue weighted by Crippen LogP contribution is 2.18. The first kappa shape index (κ1) is 61.1. The van der Waals surface area contributed by atoms with E-state index < -0.39 is 18.2 Å². The fourth-order valence-corrected chi connectivity index (χ4v) is 8.55. The largest absolute Gasteiger partial charge is 0.462 e. The average Bonchev–Trinajstić information content (AvgIpc) is 3.28. The number of aliphatic hydroxyl groups excluding tert-OH is 2. The average molecular weight is 886 g/mol. The second kappa shape index (κ2) is 51.1. The normalized spacial score (nSPS) is 13.4. The molecule has 0 radical (unpaired) electrons. The van der Waals surface area contributed by atoms with Crippen LogP contribution < -0.4 is 5.32 Å². The molecule has 0 aromatic heterocycles. The number of nitrogens with one attached hydrogen (secondary N) is 1. The van der Waals surface area contributed by atoms with Gasteiger partial charge in [-0.05, 0) is 51.4 Å². The first-order valence-corrected chi connectivity index (χ1v) is 27.7. The quantitative estimate of drug-likeness (QED) is 0.0321. The van der Waals surface area contributed by atoms with Crippen LogP contribution in [0.1, 0.15) is 290 Å². The van der Waals surface area contributed by atoms with Crippen molar-refractivity contribution < 1.29 is 24.5 Å². The van der Waals surface area contributed by atoms with Crippen molar-refractivity contribution in [1.82, 2.24) is 5.32 Å². The molecule has 0 aromatic rings. The lowest BCUT2D eigenvalue weighted by Crippen LogP contribution is -2.46. The zero-order valence-corrected chi connectivity index (χ0v) is 42.2. The molecule has 6 nitrogen and oxygen atoms in total. The molecule has 6 heteroatoms. The Hall–Kier alpha value is -1.92. The summed E-state index contributed by atoms with van der Waals surface area (Å²) in [5.41, 5.74) is 0. The van der Waals surface area contributed by atoms with Crippen molar-refractivity contribution in [1.29, 1.82) is 0 Å². The molecule has 0 aliphatic heterocycles. The van der Waals surface area contributed by atoms with E-state index in [1.165, 1.54) is 180 Å². The van der Waals surface area contributed by atoms with Crippen molar-refractivity contribution in [3.05, 3.63) is 36.5 Å². The van der Waals surface area contributed by atoms with Gasteiger partial charge in [-0.3, -0.25) is 9.59 Å². The van der Waals surface area contributed by atoms with Gasteiger partial charge in [0.15, 0.2) is 0 Å². The molecule has 63 heavy (non-hydrogen) atoms. The third-order valence-corrected chi connectivity index (χ3v) is 12.8. The number of carbonyl (C=O) groups excluding carboxylic acids is 2. The summed E-state index contributed by atoms with van der Waals surface area (Å²) in [5.74, 6) is -0.484. The van der Waals surface area contributed by atoms with Gasteiger partial charge in [0, 0.05) is 6.42 Å². The maximum Gasteiger partial charge on any atom is 0.306 e. The summed E-state index contributed by atoms with van der Waals surface area (Å²) >= 11 is 0. The Labute approximate surface area is 392 Å². The number of unbranched alkanes of at least 4 members (excludes halogenated alkanes) is 34. The second-order valence-corrected chi connectivity index (χ2v) is 19.1. The zero-order chi connectivity index (χ0) is 45.9. The maximum absolute atomic E-state index is 13.2. The van der Waals surface area contributed by atoms with Gasteiger partial charge in [-0.15, -0.1) is 0 Å². The molecule has 370 valence electrons. The number of rotatable bonds is 50. The van der Waals surface area contributed by atoms with Gasteiger partial charge in [-0.1, -0.05) is 263 Å². The number of carbonyl (C=O) groups is 2. The van der Waals surface area contributed by atoms with Gasteiger partial charge < -0.3 is 20.3 Å². The van der Waals surface area contributed by atoms with E-state index in [9.17, 15) is 19.8 Å². The van der Waals surface area contributed by atoms with Gasteiger partial charge in [0.05, 0.1) is 25.2 Å². The lowest BCUT2D eigenvalue weighted by molar-refractivity contribution is -0.151. The number of hydrogen-bond donors (Lipinski definition) is 3. The first-order chi connectivity index (χ1) is 31.0. The van der Waals surface area contributed by atoms with E-state index >= 15 is 0 Å². The predicted molar refractivity (Wildman–Crippen MR) is 273 cm³/mol. The van der Waals surface area contributed by atoms with Crippen LogP contribution in [0.25, 0.3) is 0 Å². The maximum atomic E-state index is 13.2. The van der Waals surface area contributed by atoms with Crippen molar-refractivity contribution in [2.45, 2.75) is 309 Å². The standard InChI is InChI=1S/C57H107NO5/c1-4-7-10-13-16-19-22-24-26-27-28-30-32-35-38-41-44-47-50-57(62)63-53(48-45-42-39-36-33-21-18-15-12-9-6-3)51-56(61)58-54(52-59)55(60)49-46-43-40-37-34-31-29-25-23-20-17-14-11-8-5-2/h22,24,26-28,30,53-55,59-60H,4-21,23,25,29,31-52H2,1-3H3,(H,58,61)/b24-22+,27-26+,30-28+. The van der Waals surface area contributed by atoms with Gasteiger partial charge in [0.25, 0.3) is 0 Å². The summed E-state index contributed by atoms with van der Waals surface area (Å²) in [7, 11) is 0. The number of hydrogen-bond acceptors (Lipinski definition) is 5. The Morgan fingerprint density at radius 1 is 0.460 bits per heavy atom. The van der Waals surface area contributed by atoms with E-state index in [1.54, 1.807) is 0 Å². The molecule has 0 saturated heterocycles. The summed E-state index contributed by atoms with van der Waals surface area (Å²) in [6.07, 6.45) is 60.6. The highest BCUT2D eigenvalue weighted by molar-refractivity contribution is 5.77. The number of esters is 1. The number of ether oxygens (including phenoxy) is 1. The molecule has 0 aliphatic carbocycles. The predicted octanol–water partition coefficient (Wildman–Crippen LogP) is 16.8. The minimum atomic E-state index is -0.789. The van der Waals surface area contributed by atoms with Crippen molar-refractivity contribution in [3.8, 4) is 0 Å². The highest BCUT2D eigenvalue weighted by atomic mass is 16.5. The molecule has 0 aromatic carbocycles. The van der Waals surface area contributed by atoms with Crippen LogP contribution in [0.15, 0.2) is 36.5 Å². The monoisotopic (exact) mass is 886 g/mol. The molecule has 3 atom stereocenters. The lowest BCUT2D eigenvalue weighted by atomic mass is 10.0. The molecule has 0 spiro atoms. The minimum Gasteiger partial charge on any atom is -0.462 e. The molecular weight excluding hydrogens is 779 g/mol. The van der Waals surface area contributed by atoms with Gasteiger partial charge in [-0.25, -0.2) is 0 Å². The van der Waals surface area contributed by atoms with Gasteiger partial charge in [-0.2, -0.15) is 0 Å². The van der Waals surface area contributed by atoms with Gasteiger partial charge >= 0.3 is 5.97 Å². The Kier molecular flexibility index (Phi) is 49.5. The van der Waals surface area contributed by atoms with Crippen LogP contribution in [0.3, 0.4) is 0 Å². The number of amides is 1. The Morgan fingerprint density at radius 3 is 1.21 bits per heavy atom. The fourth-order valence-electron chi connectivity index (χ4n) is 8.55. The summed E-state index contributed by atoms with van der Waals surface area (Å²) in [5, 5.41) is 23.8. The van der Waals surface area contributed by atoms with Gasteiger partial charge in [0.2, 0.25) is 5.91 Å². The topological polar surface area (TPSA) is 95.9 Å². The Bertz CT molecular complexity index is 1040. The molecule has 0 rings (SSSR count). The van der Waals surface area contributed by atoms with Crippen LogP contribution in [0.5, 0.6) is 0 Å². The third-order valence-electron chi connectivity index (χ3n) is 12.8. The van der Waals surface area contributed by atoms with Crippen molar-refractivity contribution in [3.63, 3.8) is 0 Å². The molecule has 0 heterocycles. The van der Waals surface area contributed by atoms with Crippen molar-refractivity contribution in [2.24, 2.45) is 0 Å². The second-order valence-electron chi connectivity index (χ2n) is 19.1. The van der Waals surface area contributed by atoms with E-state index in [4.69, 9.17) is 4.74 Å². The van der Waals surface area contributed by atoms with E-state index in [2.05, 4.69) is 62.5 Å². The van der Waals surface area contributed by atoms with Gasteiger partial charge in [0.1, 0.15) is 6.10 Å². The molecule has 1 amide bonds. The molecule has 0 saturated carbocycles. The van der Waals surface area contributed by atoms with Crippen LogP contribution in [0.2, 0.25) is 0 Å². The molecule has 3 unspecified atom stereocenters. The van der Waals surface area contributed by atoms with E-state index in [-0.39, 0.29) is 24.9 Å². The summed E-state index contributed by atoms with van der Waals surface area (Å²) in [6.45, 7) is 6.48. The van der Waals surface area contributed by atoms with E-state index in [1.807, 2.05) is 0 Å². The first-order valence-electron chi connectivity index (χ1n) is 27.7. The Balaban J connectivity index is 4.51. The Morgan fingerprint density at radius 2 is 0.810 bits per heavy atom. The van der Waals surface area contributed by atoms with E-state index in [0.29, 0.717) is 19.3 Å². The summed E-state index contributed by atoms with van der Waals surface area (Å²) in [6, 6.07) is -0.703. The SMILES string of the molecule is CCCCCCC/C=C/C=C/C=C/CCCCCCCC(=O)OC(CCCCCCCCCCCCC)CC(=O)NC(CO)C(O)CCCCCCCCCCCCCCCCC. The highest BCUT2D eigenvalue weighted by Gasteiger charge is 2.24. The zero-order valence-electron chi connectivity index (χ0n) is 42.2. The van der Waals surface area contributed by atoms with Crippen molar-refractivity contribution >= 4 is 11.9 Å². The minimum absolute atomic E-state index is 0.0732. The number of aliphatic hydroxyl groups is 2. The van der Waals surface area contributed by atoms with Crippen LogP contribution in [-0.4, -0.2) is 46.9 Å². The van der Waals surface area contributed by atoms with Crippen LogP contribution >= 0.6 is 0 Å². The smallest absolute Gasteiger partial charge is 0.306 e. The van der Waals surface area contributed by atoms with Crippen LogP contribution in [0.4, 0.5) is 0 Å². The molecule has 0 fully saturated rings. The van der Waals surface area contributed by atoms with E-state index in [0.717, 1.165) is 64.2 Å². The molecule has 0 aliphatic rings. The molecular formula is C57H107NO5. The lowest BCUT2D eigenvalue weighted by Gasteiger charge is -2.24. The summed E-state index contributed by atoms with van der Waals surface area (Å²) in [4.78, 5) is 26.2. The molecule has 0 bridgehead atoms. The number of allylic oxidation sites excluding steroid dienone is 6. The van der Waals surface area contributed by atoms with Crippen LogP contribution in [0, 0.1) is 0 Å². The van der Waals surface area contributed by atoms with Crippen LogP contribution in [-0.2, 0) is 14.3 Å². The fraction of sp³-hybridized carbons (Fsp3) is 0.860.